The van der Waals surface area contributed by atoms with Crippen molar-refractivity contribution in [2.75, 3.05) is 51.7 Å². The summed E-state index contributed by atoms with van der Waals surface area (Å²) >= 11 is 0. The molecular formula is C14H23N5O2. The minimum atomic E-state index is -0.726. The van der Waals surface area contributed by atoms with Crippen LogP contribution < -0.4 is 4.90 Å². The van der Waals surface area contributed by atoms with Gasteiger partial charge >= 0.3 is 5.97 Å². The summed E-state index contributed by atoms with van der Waals surface area (Å²) in [4.78, 5) is 25.6. The zero-order valence-electron chi connectivity index (χ0n) is 12.7. The molecule has 0 amide bonds. The topological polar surface area (TPSA) is 72.8 Å². The van der Waals surface area contributed by atoms with Crippen LogP contribution in [0.3, 0.4) is 0 Å². The molecule has 1 aliphatic rings. The zero-order chi connectivity index (χ0) is 15.2. The van der Waals surface area contributed by atoms with Crippen molar-refractivity contribution in [2.24, 2.45) is 0 Å². The molecule has 0 atom stereocenters. The lowest BCUT2D eigenvalue weighted by Crippen LogP contribution is -2.46. The summed E-state index contributed by atoms with van der Waals surface area (Å²) in [7, 11) is 3.84. The molecule has 1 fully saturated rings. The molecule has 0 aliphatic carbocycles. The fraction of sp³-hybridized carbons (Fsp3) is 0.643. The van der Waals surface area contributed by atoms with Gasteiger partial charge in [-0.1, -0.05) is 0 Å². The van der Waals surface area contributed by atoms with Crippen LogP contribution in [-0.4, -0.2) is 77.7 Å². The highest BCUT2D eigenvalue weighted by atomic mass is 16.4. The monoisotopic (exact) mass is 293 g/mol. The first-order valence-electron chi connectivity index (χ1n) is 7.19. The Labute approximate surface area is 125 Å². The van der Waals surface area contributed by atoms with E-state index < -0.39 is 5.97 Å². The van der Waals surface area contributed by atoms with Crippen molar-refractivity contribution in [1.29, 1.82) is 0 Å². The van der Waals surface area contributed by atoms with Crippen molar-refractivity contribution in [3.05, 3.63) is 18.0 Å². The predicted octanol–water partition coefficient (Wildman–Crippen LogP) is 0.135. The average Bonchev–Trinajstić information content (AvgIpc) is 2.47. The number of piperazine rings is 1. The van der Waals surface area contributed by atoms with Gasteiger partial charge in [0.2, 0.25) is 5.95 Å². The molecule has 1 aromatic rings. The van der Waals surface area contributed by atoms with Crippen molar-refractivity contribution in [1.82, 2.24) is 19.8 Å². The molecule has 1 saturated heterocycles. The summed E-state index contributed by atoms with van der Waals surface area (Å²) in [5.41, 5.74) is 1.11. The number of carboxylic acids is 1. The summed E-state index contributed by atoms with van der Waals surface area (Å²) in [5.74, 6) is -0.00667. The third kappa shape index (κ3) is 4.95. The minimum absolute atomic E-state index is 0.222. The van der Waals surface area contributed by atoms with E-state index >= 15 is 0 Å². The van der Waals surface area contributed by atoms with Crippen molar-refractivity contribution >= 4 is 11.9 Å². The molecule has 1 aromatic heterocycles. The van der Waals surface area contributed by atoms with Crippen LogP contribution in [0.2, 0.25) is 0 Å². The lowest BCUT2D eigenvalue weighted by Gasteiger charge is -2.34. The fourth-order valence-corrected chi connectivity index (χ4v) is 2.34. The first-order chi connectivity index (χ1) is 10.0. The molecule has 1 N–H and O–H groups in total. The van der Waals surface area contributed by atoms with E-state index in [0.29, 0.717) is 6.54 Å². The van der Waals surface area contributed by atoms with E-state index in [1.54, 1.807) is 0 Å². The summed E-state index contributed by atoms with van der Waals surface area (Å²) in [6.45, 7) is 5.24. The first kappa shape index (κ1) is 15.7. The maximum absolute atomic E-state index is 10.6. The highest BCUT2D eigenvalue weighted by molar-refractivity contribution is 5.66. The van der Waals surface area contributed by atoms with Gasteiger partial charge < -0.3 is 14.9 Å². The number of aliphatic carboxylic acids is 1. The quantitative estimate of drug-likeness (QED) is 0.799. The molecule has 7 heteroatoms. The second-order valence-electron chi connectivity index (χ2n) is 5.55. The summed E-state index contributed by atoms with van der Waals surface area (Å²) in [6.07, 6.45) is 3.97. The molecular weight excluding hydrogens is 270 g/mol. The van der Waals surface area contributed by atoms with E-state index in [9.17, 15) is 4.79 Å². The molecule has 2 heterocycles. The Kier molecular flexibility index (Phi) is 5.46. The van der Waals surface area contributed by atoms with Crippen molar-refractivity contribution in [3.63, 3.8) is 0 Å². The molecule has 1 aliphatic heterocycles. The Morgan fingerprint density at radius 1 is 1.19 bits per heavy atom. The second kappa shape index (κ2) is 7.33. The summed E-state index contributed by atoms with van der Waals surface area (Å²) < 4.78 is 0. The highest BCUT2D eigenvalue weighted by Crippen LogP contribution is 2.09. The minimum Gasteiger partial charge on any atom is -0.481 e. The van der Waals surface area contributed by atoms with E-state index in [1.807, 2.05) is 31.4 Å². The van der Waals surface area contributed by atoms with Crippen LogP contribution in [0.5, 0.6) is 0 Å². The fourth-order valence-electron chi connectivity index (χ4n) is 2.34. The third-order valence-corrected chi connectivity index (χ3v) is 3.60. The van der Waals surface area contributed by atoms with Crippen molar-refractivity contribution < 1.29 is 9.90 Å². The summed E-state index contributed by atoms with van der Waals surface area (Å²) in [6, 6.07) is 0. The van der Waals surface area contributed by atoms with Gasteiger partial charge in [-0.2, -0.15) is 0 Å². The number of hydrogen-bond acceptors (Lipinski definition) is 6. The molecule has 0 spiro atoms. The number of hydrogen-bond donors (Lipinski definition) is 1. The largest absolute Gasteiger partial charge is 0.481 e. The molecule has 0 bridgehead atoms. The predicted molar refractivity (Wildman–Crippen MR) is 80.3 cm³/mol. The highest BCUT2D eigenvalue weighted by Gasteiger charge is 2.17. The van der Waals surface area contributed by atoms with E-state index in [4.69, 9.17) is 5.11 Å². The molecule has 0 aromatic carbocycles. The van der Waals surface area contributed by atoms with Crippen molar-refractivity contribution in [3.8, 4) is 0 Å². The van der Waals surface area contributed by atoms with Crippen LogP contribution >= 0.6 is 0 Å². The molecule has 2 rings (SSSR count). The van der Waals surface area contributed by atoms with E-state index in [2.05, 4.69) is 19.8 Å². The van der Waals surface area contributed by atoms with E-state index in [1.165, 1.54) is 0 Å². The van der Waals surface area contributed by atoms with Gasteiger partial charge in [-0.3, -0.25) is 9.69 Å². The Hall–Kier alpha value is -1.73. The van der Waals surface area contributed by atoms with Crippen LogP contribution in [0, 0.1) is 0 Å². The van der Waals surface area contributed by atoms with Crippen LogP contribution in [0.25, 0.3) is 0 Å². The van der Waals surface area contributed by atoms with Gasteiger partial charge in [-0.15, -0.1) is 0 Å². The second-order valence-corrected chi connectivity index (χ2v) is 5.55. The summed E-state index contributed by atoms with van der Waals surface area (Å²) in [5, 5.41) is 8.70. The van der Waals surface area contributed by atoms with E-state index in [0.717, 1.165) is 44.2 Å². The van der Waals surface area contributed by atoms with Gasteiger partial charge in [0, 0.05) is 71.3 Å². The van der Waals surface area contributed by atoms with Gasteiger partial charge in [0.1, 0.15) is 0 Å². The molecule has 0 radical (unpaired) electrons. The number of nitrogens with zero attached hydrogens (tertiary/aromatic N) is 5. The number of anilines is 1. The lowest BCUT2D eigenvalue weighted by atomic mass is 10.2. The van der Waals surface area contributed by atoms with Crippen LogP contribution in [0.15, 0.2) is 12.4 Å². The normalized spacial score (nSPS) is 16.9. The maximum Gasteiger partial charge on any atom is 0.304 e. The molecule has 0 saturated carbocycles. The lowest BCUT2D eigenvalue weighted by molar-refractivity contribution is -0.137. The van der Waals surface area contributed by atoms with E-state index in [-0.39, 0.29) is 6.42 Å². The Morgan fingerprint density at radius 2 is 1.76 bits per heavy atom. The standard InChI is InChI=1S/C14H23N5O2/c1-17(2)14-15-9-12(10-16-14)11-19-7-5-18(6-8-19)4-3-13(20)21/h9-10H,3-8,11H2,1-2H3,(H,20,21). The van der Waals surface area contributed by atoms with Gasteiger partial charge in [0.15, 0.2) is 0 Å². The number of aromatic nitrogens is 2. The van der Waals surface area contributed by atoms with Crippen LogP contribution in [-0.2, 0) is 11.3 Å². The SMILES string of the molecule is CN(C)c1ncc(CN2CCN(CCC(=O)O)CC2)cn1. The van der Waals surface area contributed by atoms with Gasteiger partial charge in [0.05, 0.1) is 6.42 Å². The molecule has 0 unspecified atom stereocenters. The number of carboxylic acid groups (broad SMARTS) is 1. The van der Waals surface area contributed by atoms with Gasteiger partial charge in [0.25, 0.3) is 0 Å². The van der Waals surface area contributed by atoms with Crippen LogP contribution in [0.4, 0.5) is 5.95 Å². The van der Waals surface area contributed by atoms with Crippen molar-refractivity contribution in [2.45, 2.75) is 13.0 Å². The first-order valence-corrected chi connectivity index (χ1v) is 7.19. The Bertz CT molecular complexity index is 455. The smallest absolute Gasteiger partial charge is 0.304 e. The molecule has 7 nitrogen and oxygen atoms in total. The maximum atomic E-state index is 10.6. The van der Waals surface area contributed by atoms with Gasteiger partial charge in [-0.25, -0.2) is 9.97 Å². The molecule has 21 heavy (non-hydrogen) atoms. The zero-order valence-corrected chi connectivity index (χ0v) is 12.7. The van der Waals surface area contributed by atoms with Gasteiger partial charge in [-0.05, 0) is 0 Å². The number of carbonyl (C=O) groups is 1. The Balaban J connectivity index is 1.76. The average molecular weight is 293 g/mol. The third-order valence-electron chi connectivity index (χ3n) is 3.60. The number of rotatable bonds is 6. The Morgan fingerprint density at radius 3 is 2.29 bits per heavy atom. The molecule has 116 valence electrons. The van der Waals surface area contributed by atoms with Crippen LogP contribution in [0.1, 0.15) is 12.0 Å².